The summed E-state index contributed by atoms with van der Waals surface area (Å²) < 4.78 is 4.94. The summed E-state index contributed by atoms with van der Waals surface area (Å²) in [6.07, 6.45) is 0.471. The number of carbonyl (C=O) groups is 1. The van der Waals surface area contributed by atoms with Crippen LogP contribution in [-0.4, -0.2) is 36.4 Å². The number of benzene rings is 1. The molecule has 1 aromatic carbocycles. The van der Waals surface area contributed by atoms with Gasteiger partial charge >= 0.3 is 6.09 Å². The van der Waals surface area contributed by atoms with Crippen LogP contribution in [0, 0.1) is 0 Å². The van der Waals surface area contributed by atoms with E-state index in [4.69, 9.17) is 4.74 Å². The third-order valence-corrected chi connectivity index (χ3v) is 2.82. The standard InChI is InChI=1S/C15H17N3O3/c1-21-10-9-16-14-8-7-13(11-17-14)18(15(19)20)12-5-3-2-4-6-12/h2-8,11H,9-10H2,1H3,(H,16,17)(H,19,20). The minimum atomic E-state index is -1.05. The van der Waals surface area contributed by atoms with Gasteiger partial charge in [0.2, 0.25) is 0 Å². The number of methoxy groups -OCH3 is 1. The fraction of sp³-hybridized carbons (Fsp3) is 0.200. The van der Waals surface area contributed by atoms with E-state index in [-0.39, 0.29) is 0 Å². The number of hydrogen-bond acceptors (Lipinski definition) is 4. The number of rotatable bonds is 6. The van der Waals surface area contributed by atoms with Crippen LogP contribution in [0.15, 0.2) is 48.7 Å². The van der Waals surface area contributed by atoms with Crippen LogP contribution in [0.4, 0.5) is 22.0 Å². The molecule has 0 fully saturated rings. The predicted molar refractivity (Wildman–Crippen MR) is 81.2 cm³/mol. The summed E-state index contributed by atoms with van der Waals surface area (Å²) in [5, 5.41) is 12.5. The lowest BCUT2D eigenvalue weighted by Crippen LogP contribution is -2.23. The molecule has 0 aliphatic carbocycles. The van der Waals surface area contributed by atoms with E-state index >= 15 is 0 Å². The Morgan fingerprint density at radius 1 is 1.24 bits per heavy atom. The summed E-state index contributed by atoms with van der Waals surface area (Å²) in [6.45, 7) is 1.22. The van der Waals surface area contributed by atoms with Crippen LogP contribution < -0.4 is 10.2 Å². The molecule has 0 spiro atoms. The van der Waals surface area contributed by atoms with Crippen molar-refractivity contribution in [3.63, 3.8) is 0 Å². The second kappa shape index (κ2) is 7.25. The minimum Gasteiger partial charge on any atom is -0.464 e. The number of nitrogens with zero attached hydrogens (tertiary/aromatic N) is 2. The molecule has 6 heteroatoms. The third kappa shape index (κ3) is 3.93. The fourth-order valence-electron chi connectivity index (χ4n) is 1.85. The van der Waals surface area contributed by atoms with E-state index in [2.05, 4.69) is 10.3 Å². The molecule has 0 aliphatic rings. The second-order valence-corrected chi connectivity index (χ2v) is 4.27. The Hall–Kier alpha value is -2.60. The number of para-hydroxylation sites is 1. The molecule has 1 amide bonds. The van der Waals surface area contributed by atoms with Gasteiger partial charge in [-0.2, -0.15) is 0 Å². The maximum atomic E-state index is 11.5. The quantitative estimate of drug-likeness (QED) is 0.799. The van der Waals surface area contributed by atoms with E-state index < -0.39 is 6.09 Å². The Morgan fingerprint density at radius 3 is 2.57 bits per heavy atom. The zero-order valence-electron chi connectivity index (χ0n) is 11.7. The molecule has 2 N–H and O–H groups in total. The maximum absolute atomic E-state index is 11.5. The van der Waals surface area contributed by atoms with Gasteiger partial charge in [0.25, 0.3) is 0 Å². The largest absolute Gasteiger partial charge is 0.464 e. The van der Waals surface area contributed by atoms with E-state index in [0.717, 1.165) is 0 Å². The van der Waals surface area contributed by atoms with E-state index in [1.54, 1.807) is 43.5 Å². The van der Waals surface area contributed by atoms with Gasteiger partial charge < -0.3 is 15.2 Å². The van der Waals surface area contributed by atoms with Crippen molar-refractivity contribution in [3.05, 3.63) is 48.7 Å². The summed E-state index contributed by atoms with van der Waals surface area (Å²) in [5.74, 6) is 0.675. The molecule has 1 aromatic heterocycles. The van der Waals surface area contributed by atoms with E-state index in [1.807, 2.05) is 6.07 Å². The minimum absolute atomic E-state index is 0.492. The predicted octanol–water partition coefficient (Wildman–Crippen LogP) is 2.96. The van der Waals surface area contributed by atoms with Gasteiger partial charge in [-0.25, -0.2) is 14.7 Å². The third-order valence-electron chi connectivity index (χ3n) is 2.82. The number of anilines is 3. The van der Waals surface area contributed by atoms with Gasteiger partial charge in [0.05, 0.1) is 24.2 Å². The summed E-state index contributed by atoms with van der Waals surface area (Å²) in [5.41, 5.74) is 1.07. The highest BCUT2D eigenvalue weighted by atomic mass is 16.5. The molecule has 6 nitrogen and oxygen atoms in total. The number of amides is 1. The van der Waals surface area contributed by atoms with Gasteiger partial charge in [-0.15, -0.1) is 0 Å². The van der Waals surface area contributed by atoms with Crippen LogP contribution >= 0.6 is 0 Å². The molecule has 2 rings (SSSR count). The van der Waals surface area contributed by atoms with Gasteiger partial charge in [-0.3, -0.25) is 0 Å². The van der Waals surface area contributed by atoms with Crippen LogP contribution in [0.2, 0.25) is 0 Å². The first kappa shape index (κ1) is 14.8. The van der Waals surface area contributed by atoms with Crippen molar-refractivity contribution in [1.29, 1.82) is 0 Å². The molecule has 0 saturated heterocycles. The van der Waals surface area contributed by atoms with Crippen molar-refractivity contribution in [2.45, 2.75) is 0 Å². The average Bonchev–Trinajstić information content (AvgIpc) is 2.50. The lowest BCUT2D eigenvalue weighted by Gasteiger charge is -2.19. The zero-order chi connectivity index (χ0) is 15.1. The highest BCUT2D eigenvalue weighted by Crippen LogP contribution is 2.25. The molecule has 0 unspecified atom stereocenters. The van der Waals surface area contributed by atoms with Gasteiger partial charge in [-0.05, 0) is 24.3 Å². The molecule has 0 radical (unpaired) electrons. The summed E-state index contributed by atoms with van der Waals surface area (Å²) in [7, 11) is 1.63. The monoisotopic (exact) mass is 287 g/mol. The fourth-order valence-corrected chi connectivity index (χ4v) is 1.85. The van der Waals surface area contributed by atoms with E-state index in [1.165, 1.54) is 11.1 Å². The Balaban J connectivity index is 2.16. The first-order chi connectivity index (χ1) is 10.2. The van der Waals surface area contributed by atoms with E-state index in [9.17, 15) is 9.90 Å². The molecule has 0 bridgehead atoms. The Labute approximate surface area is 123 Å². The lowest BCUT2D eigenvalue weighted by atomic mass is 10.2. The highest BCUT2D eigenvalue weighted by molar-refractivity contribution is 5.94. The normalized spacial score (nSPS) is 10.1. The number of ether oxygens (including phenoxy) is 1. The number of nitrogens with one attached hydrogen (secondary N) is 1. The van der Waals surface area contributed by atoms with Crippen LogP contribution in [0.5, 0.6) is 0 Å². The zero-order valence-corrected chi connectivity index (χ0v) is 11.7. The molecule has 2 aromatic rings. The molecule has 0 atom stereocenters. The number of pyridine rings is 1. The van der Waals surface area contributed by atoms with Gasteiger partial charge in [0, 0.05) is 13.7 Å². The van der Waals surface area contributed by atoms with Crippen LogP contribution in [0.1, 0.15) is 0 Å². The first-order valence-corrected chi connectivity index (χ1v) is 6.49. The lowest BCUT2D eigenvalue weighted by molar-refractivity contribution is 0.205. The van der Waals surface area contributed by atoms with Gasteiger partial charge in [-0.1, -0.05) is 18.2 Å². The number of carboxylic acid groups (broad SMARTS) is 1. The van der Waals surface area contributed by atoms with Gasteiger partial charge in [0.1, 0.15) is 5.82 Å². The van der Waals surface area contributed by atoms with Crippen LogP contribution in [0.3, 0.4) is 0 Å². The summed E-state index contributed by atoms with van der Waals surface area (Å²) >= 11 is 0. The molecular formula is C15H17N3O3. The first-order valence-electron chi connectivity index (χ1n) is 6.49. The molecule has 0 aliphatic heterocycles. The maximum Gasteiger partial charge on any atom is 0.416 e. The Bertz CT molecular complexity index is 572. The second-order valence-electron chi connectivity index (χ2n) is 4.27. The van der Waals surface area contributed by atoms with Crippen LogP contribution in [-0.2, 0) is 4.74 Å². The van der Waals surface area contributed by atoms with Gasteiger partial charge in [0.15, 0.2) is 0 Å². The van der Waals surface area contributed by atoms with E-state index in [0.29, 0.717) is 30.3 Å². The molecular weight excluding hydrogens is 270 g/mol. The van der Waals surface area contributed by atoms with Crippen molar-refractivity contribution in [2.75, 3.05) is 30.5 Å². The van der Waals surface area contributed by atoms with Crippen molar-refractivity contribution in [2.24, 2.45) is 0 Å². The number of aromatic nitrogens is 1. The Kier molecular flexibility index (Phi) is 5.11. The molecule has 0 saturated carbocycles. The van der Waals surface area contributed by atoms with Crippen molar-refractivity contribution >= 4 is 23.3 Å². The van der Waals surface area contributed by atoms with Crippen molar-refractivity contribution in [1.82, 2.24) is 4.98 Å². The molecule has 21 heavy (non-hydrogen) atoms. The highest BCUT2D eigenvalue weighted by Gasteiger charge is 2.16. The molecule has 1 heterocycles. The summed E-state index contributed by atoms with van der Waals surface area (Å²) in [6, 6.07) is 12.3. The van der Waals surface area contributed by atoms with Crippen molar-refractivity contribution < 1.29 is 14.6 Å². The van der Waals surface area contributed by atoms with Crippen molar-refractivity contribution in [3.8, 4) is 0 Å². The average molecular weight is 287 g/mol. The number of hydrogen-bond donors (Lipinski definition) is 2. The topological polar surface area (TPSA) is 74.7 Å². The Morgan fingerprint density at radius 2 is 2.00 bits per heavy atom. The van der Waals surface area contributed by atoms with Crippen LogP contribution in [0.25, 0.3) is 0 Å². The SMILES string of the molecule is COCCNc1ccc(N(C(=O)O)c2ccccc2)cn1. The summed E-state index contributed by atoms with van der Waals surface area (Å²) in [4.78, 5) is 16.9. The molecule has 110 valence electrons. The smallest absolute Gasteiger partial charge is 0.416 e.